The van der Waals surface area contributed by atoms with Gasteiger partial charge in [-0.2, -0.15) is 0 Å². The number of carboxylic acids is 1. The van der Waals surface area contributed by atoms with Gasteiger partial charge in [0.1, 0.15) is 5.75 Å². The summed E-state index contributed by atoms with van der Waals surface area (Å²) in [4.78, 5) is 10.5. The Kier molecular flexibility index (Phi) is 8.03. The van der Waals surface area contributed by atoms with E-state index in [1.807, 2.05) is 24.3 Å². The van der Waals surface area contributed by atoms with E-state index in [4.69, 9.17) is 9.84 Å². The first-order valence-electron chi connectivity index (χ1n) is 9.23. The van der Waals surface area contributed by atoms with Gasteiger partial charge in [0.2, 0.25) is 0 Å². The average molecular weight is 340 g/mol. The van der Waals surface area contributed by atoms with Crippen molar-refractivity contribution < 1.29 is 14.6 Å². The number of aliphatic carboxylic acids is 1. The van der Waals surface area contributed by atoms with Gasteiger partial charge in [-0.15, -0.1) is 0 Å². The third kappa shape index (κ3) is 7.00. The van der Waals surface area contributed by atoms with Crippen LogP contribution in [0.5, 0.6) is 5.75 Å². The van der Waals surface area contributed by atoms with E-state index >= 15 is 0 Å². The van der Waals surface area contributed by atoms with Gasteiger partial charge in [-0.3, -0.25) is 4.79 Å². The maximum absolute atomic E-state index is 10.5. The number of hydrogen-bond donors (Lipinski definition) is 1. The van der Waals surface area contributed by atoms with Crippen molar-refractivity contribution >= 4 is 5.97 Å². The zero-order chi connectivity index (χ0) is 17.9. The van der Waals surface area contributed by atoms with Crippen LogP contribution in [0.3, 0.4) is 0 Å². The highest BCUT2D eigenvalue weighted by Crippen LogP contribution is 2.23. The lowest BCUT2D eigenvalue weighted by Crippen LogP contribution is -2.01. The number of ether oxygens (including phenoxy) is 1. The first-order valence-corrected chi connectivity index (χ1v) is 9.23. The van der Waals surface area contributed by atoms with Crippen LogP contribution in [0.25, 0.3) is 11.1 Å². The van der Waals surface area contributed by atoms with Gasteiger partial charge >= 0.3 is 5.97 Å². The second-order valence-corrected chi connectivity index (χ2v) is 6.38. The molecule has 2 rings (SSSR count). The van der Waals surface area contributed by atoms with Crippen molar-refractivity contribution in [1.82, 2.24) is 0 Å². The SMILES string of the molecule is CCCCCCc1ccc(-c2ccc(OCCCC(=O)O)cc2)cc1. The van der Waals surface area contributed by atoms with Gasteiger partial charge in [0.15, 0.2) is 0 Å². The Morgan fingerprint density at radius 1 is 0.880 bits per heavy atom. The van der Waals surface area contributed by atoms with Crippen molar-refractivity contribution in [3.05, 3.63) is 54.1 Å². The van der Waals surface area contributed by atoms with Crippen LogP contribution in [0.4, 0.5) is 0 Å². The highest BCUT2D eigenvalue weighted by Gasteiger charge is 2.01. The number of unbranched alkanes of at least 4 members (excludes halogenated alkanes) is 3. The van der Waals surface area contributed by atoms with Gasteiger partial charge in [0.25, 0.3) is 0 Å². The quantitative estimate of drug-likeness (QED) is 0.532. The van der Waals surface area contributed by atoms with E-state index < -0.39 is 5.97 Å². The maximum Gasteiger partial charge on any atom is 0.303 e. The predicted octanol–water partition coefficient (Wildman–Crippen LogP) is 5.72. The van der Waals surface area contributed by atoms with Crippen LogP contribution in [0.15, 0.2) is 48.5 Å². The molecule has 0 spiro atoms. The van der Waals surface area contributed by atoms with E-state index in [1.165, 1.54) is 36.8 Å². The van der Waals surface area contributed by atoms with Gasteiger partial charge < -0.3 is 9.84 Å². The van der Waals surface area contributed by atoms with Crippen LogP contribution < -0.4 is 4.74 Å². The zero-order valence-electron chi connectivity index (χ0n) is 15.0. The van der Waals surface area contributed by atoms with Crippen molar-refractivity contribution in [2.24, 2.45) is 0 Å². The predicted molar refractivity (Wildman–Crippen MR) is 102 cm³/mol. The van der Waals surface area contributed by atoms with Crippen molar-refractivity contribution in [2.45, 2.75) is 51.9 Å². The fraction of sp³-hybridized carbons (Fsp3) is 0.409. The minimum absolute atomic E-state index is 0.142. The molecule has 0 fully saturated rings. The Morgan fingerprint density at radius 3 is 2.12 bits per heavy atom. The molecular weight excluding hydrogens is 312 g/mol. The Bertz CT molecular complexity index is 629. The maximum atomic E-state index is 10.5. The van der Waals surface area contributed by atoms with Gasteiger partial charge in [-0.05, 0) is 48.1 Å². The molecule has 3 nitrogen and oxygen atoms in total. The molecule has 0 aliphatic rings. The molecule has 0 aliphatic carbocycles. The van der Waals surface area contributed by atoms with Gasteiger partial charge in [-0.1, -0.05) is 62.6 Å². The summed E-state index contributed by atoms with van der Waals surface area (Å²) in [5, 5.41) is 8.61. The molecule has 1 N–H and O–H groups in total. The third-order valence-electron chi connectivity index (χ3n) is 4.26. The first-order chi connectivity index (χ1) is 12.2. The molecule has 3 heteroatoms. The average Bonchev–Trinajstić information content (AvgIpc) is 2.63. The lowest BCUT2D eigenvalue weighted by atomic mass is 10.0. The Hall–Kier alpha value is -2.29. The minimum atomic E-state index is -0.784. The zero-order valence-corrected chi connectivity index (χ0v) is 15.0. The molecule has 0 saturated carbocycles. The van der Waals surface area contributed by atoms with Crippen molar-refractivity contribution in [1.29, 1.82) is 0 Å². The lowest BCUT2D eigenvalue weighted by molar-refractivity contribution is -0.137. The van der Waals surface area contributed by atoms with E-state index in [-0.39, 0.29) is 6.42 Å². The molecule has 0 aromatic heterocycles. The molecule has 0 aliphatic heterocycles. The smallest absolute Gasteiger partial charge is 0.303 e. The van der Waals surface area contributed by atoms with Crippen LogP contribution in [0.2, 0.25) is 0 Å². The fourth-order valence-corrected chi connectivity index (χ4v) is 2.78. The number of carboxylic acid groups (broad SMARTS) is 1. The van der Waals surface area contributed by atoms with E-state index in [2.05, 4.69) is 31.2 Å². The largest absolute Gasteiger partial charge is 0.494 e. The van der Waals surface area contributed by atoms with Gasteiger partial charge in [-0.25, -0.2) is 0 Å². The molecule has 0 amide bonds. The molecule has 0 bridgehead atoms. The third-order valence-corrected chi connectivity index (χ3v) is 4.26. The number of carbonyl (C=O) groups is 1. The monoisotopic (exact) mass is 340 g/mol. The molecule has 0 radical (unpaired) electrons. The topological polar surface area (TPSA) is 46.5 Å². The van der Waals surface area contributed by atoms with E-state index in [0.717, 1.165) is 17.7 Å². The van der Waals surface area contributed by atoms with Crippen LogP contribution >= 0.6 is 0 Å². The number of rotatable bonds is 11. The Labute approximate surface area is 150 Å². The fourth-order valence-electron chi connectivity index (χ4n) is 2.78. The summed E-state index contributed by atoms with van der Waals surface area (Å²) < 4.78 is 5.57. The Morgan fingerprint density at radius 2 is 1.52 bits per heavy atom. The summed E-state index contributed by atoms with van der Waals surface area (Å²) in [6.07, 6.45) is 7.00. The van der Waals surface area contributed by atoms with Crippen molar-refractivity contribution in [3.8, 4) is 16.9 Å². The molecule has 0 saturated heterocycles. The van der Waals surface area contributed by atoms with Crippen LogP contribution in [0, 0.1) is 0 Å². The minimum Gasteiger partial charge on any atom is -0.494 e. The second-order valence-electron chi connectivity index (χ2n) is 6.38. The summed E-state index contributed by atoms with van der Waals surface area (Å²) in [6, 6.07) is 16.8. The van der Waals surface area contributed by atoms with Crippen LogP contribution in [0.1, 0.15) is 51.0 Å². The van der Waals surface area contributed by atoms with E-state index in [0.29, 0.717) is 13.0 Å². The number of aryl methyl sites for hydroxylation is 1. The standard InChI is InChI=1S/C22H28O3/c1-2-3-4-5-7-18-9-11-19(12-10-18)20-13-15-21(16-14-20)25-17-6-8-22(23)24/h9-16H,2-8,17H2,1H3,(H,23,24). The number of benzene rings is 2. The van der Waals surface area contributed by atoms with Crippen LogP contribution in [-0.2, 0) is 11.2 Å². The summed E-state index contributed by atoms with van der Waals surface area (Å²) in [5.41, 5.74) is 3.77. The molecule has 0 unspecified atom stereocenters. The molecule has 0 atom stereocenters. The molecule has 134 valence electrons. The highest BCUT2D eigenvalue weighted by molar-refractivity contribution is 5.66. The summed E-state index contributed by atoms with van der Waals surface area (Å²) in [5.74, 6) is -0.00515. The normalized spacial score (nSPS) is 10.6. The molecule has 2 aromatic carbocycles. The highest BCUT2D eigenvalue weighted by atomic mass is 16.5. The molecule has 25 heavy (non-hydrogen) atoms. The van der Waals surface area contributed by atoms with Crippen LogP contribution in [-0.4, -0.2) is 17.7 Å². The van der Waals surface area contributed by atoms with Crippen molar-refractivity contribution in [2.75, 3.05) is 6.61 Å². The van der Waals surface area contributed by atoms with Gasteiger partial charge in [0.05, 0.1) is 6.61 Å². The summed E-state index contributed by atoms with van der Waals surface area (Å²) in [7, 11) is 0. The van der Waals surface area contributed by atoms with E-state index in [1.54, 1.807) is 0 Å². The van der Waals surface area contributed by atoms with Crippen molar-refractivity contribution in [3.63, 3.8) is 0 Å². The van der Waals surface area contributed by atoms with Gasteiger partial charge in [0, 0.05) is 6.42 Å². The second kappa shape index (κ2) is 10.5. The van der Waals surface area contributed by atoms with E-state index in [9.17, 15) is 4.79 Å². The number of hydrogen-bond acceptors (Lipinski definition) is 2. The molecule has 0 heterocycles. The summed E-state index contributed by atoms with van der Waals surface area (Å²) in [6.45, 7) is 2.67. The molecule has 2 aromatic rings. The lowest BCUT2D eigenvalue weighted by Gasteiger charge is -2.08. The first kappa shape index (κ1) is 19.0. The Balaban J connectivity index is 1.83. The molecular formula is C22H28O3. The summed E-state index contributed by atoms with van der Waals surface area (Å²) >= 11 is 0.